The Hall–Kier alpha value is -0.410. The molecule has 2 atom stereocenters. The first-order valence-electron chi connectivity index (χ1n) is 5.00. The molecule has 0 aromatic rings. The number of hydrogen-bond acceptors (Lipinski definition) is 3. The average Bonchev–Trinajstić information content (AvgIpc) is 2.01. The van der Waals surface area contributed by atoms with Crippen molar-refractivity contribution in [1.29, 1.82) is 0 Å². The molecule has 1 radical (unpaired) electrons. The molecule has 0 saturated carbocycles. The molecule has 0 fully saturated rings. The van der Waals surface area contributed by atoms with Crippen LogP contribution in [0.2, 0.25) is 0 Å². The number of nitrogens with two attached hydrogens (primary N) is 1. The van der Waals surface area contributed by atoms with Gasteiger partial charge in [0.15, 0.2) is 12.0 Å². The molecule has 0 aliphatic carbocycles. The molecule has 83 valence electrons. The first kappa shape index (κ1) is 13.6. The lowest BCUT2D eigenvalue weighted by Gasteiger charge is -2.36. The van der Waals surface area contributed by atoms with E-state index in [1.54, 1.807) is 0 Å². The van der Waals surface area contributed by atoms with E-state index in [9.17, 15) is 4.79 Å². The average molecular weight is 200 g/mol. The fourth-order valence-corrected chi connectivity index (χ4v) is 1.30. The van der Waals surface area contributed by atoms with E-state index >= 15 is 0 Å². The molecule has 0 amide bonds. The van der Waals surface area contributed by atoms with E-state index in [2.05, 4.69) is 6.92 Å². The Kier molecular flexibility index (Phi) is 4.75. The molecule has 0 aliphatic heterocycles. The van der Waals surface area contributed by atoms with Crippen LogP contribution in [-0.4, -0.2) is 17.6 Å². The summed E-state index contributed by atoms with van der Waals surface area (Å²) < 4.78 is 5.57. The molecular weight excluding hydrogens is 178 g/mol. The van der Waals surface area contributed by atoms with E-state index in [4.69, 9.17) is 10.5 Å². The number of carbonyl (C=O) groups excluding carboxylic acids is 1. The Balaban J connectivity index is 4.54. The highest BCUT2D eigenvalue weighted by Crippen LogP contribution is 2.24. The lowest BCUT2D eigenvalue weighted by Crippen LogP contribution is -2.54. The smallest absolute Gasteiger partial charge is 0.176 e. The molecule has 14 heavy (non-hydrogen) atoms. The quantitative estimate of drug-likeness (QED) is 0.545. The van der Waals surface area contributed by atoms with Crippen molar-refractivity contribution in [3.8, 4) is 0 Å². The maximum absolute atomic E-state index is 11.0. The maximum Gasteiger partial charge on any atom is 0.176 e. The molecule has 0 saturated heterocycles. The van der Waals surface area contributed by atoms with Crippen molar-refractivity contribution in [2.45, 2.75) is 51.9 Å². The van der Waals surface area contributed by atoms with Crippen LogP contribution < -0.4 is 5.73 Å². The van der Waals surface area contributed by atoms with Crippen molar-refractivity contribution in [2.75, 3.05) is 0 Å². The second kappa shape index (κ2) is 4.89. The van der Waals surface area contributed by atoms with Crippen molar-refractivity contribution in [3.05, 3.63) is 6.92 Å². The highest BCUT2D eigenvalue weighted by atomic mass is 16.5. The second-order valence-corrected chi connectivity index (χ2v) is 4.73. The highest BCUT2D eigenvalue weighted by molar-refractivity contribution is 5.62. The van der Waals surface area contributed by atoms with Crippen LogP contribution in [0.4, 0.5) is 0 Å². The third-order valence-corrected chi connectivity index (χ3v) is 2.07. The van der Waals surface area contributed by atoms with Crippen LogP contribution in [-0.2, 0) is 9.53 Å². The van der Waals surface area contributed by atoms with Crippen LogP contribution in [0.1, 0.15) is 40.5 Å². The molecule has 2 unspecified atom stereocenters. The van der Waals surface area contributed by atoms with Gasteiger partial charge < -0.3 is 4.74 Å². The Labute approximate surface area is 87.0 Å². The van der Waals surface area contributed by atoms with Crippen LogP contribution in [0.3, 0.4) is 0 Å². The Bertz CT molecular complexity index is 186. The van der Waals surface area contributed by atoms with Crippen molar-refractivity contribution in [1.82, 2.24) is 0 Å². The summed E-state index contributed by atoms with van der Waals surface area (Å²) in [5.41, 5.74) is 4.30. The highest BCUT2D eigenvalue weighted by Gasteiger charge is 2.36. The van der Waals surface area contributed by atoms with Crippen LogP contribution in [0.15, 0.2) is 0 Å². The number of aldehydes is 1. The van der Waals surface area contributed by atoms with E-state index < -0.39 is 11.3 Å². The Morgan fingerprint density at radius 1 is 1.50 bits per heavy atom. The first-order valence-corrected chi connectivity index (χ1v) is 5.00. The minimum atomic E-state index is -1.18. The number of carbonyl (C=O) groups is 1. The molecule has 0 aromatic carbocycles. The van der Waals surface area contributed by atoms with E-state index in [0.717, 1.165) is 12.8 Å². The fraction of sp³-hybridized carbons (Fsp3) is 0.818. The molecule has 0 aromatic heterocycles. The van der Waals surface area contributed by atoms with Gasteiger partial charge in [-0.1, -0.05) is 20.3 Å². The summed E-state index contributed by atoms with van der Waals surface area (Å²) >= 11 is 0. The summed E-state index contributed by atoms with van der Waals surface area (Å²) in [6.07, 6.45) is 2.23. The molecule has 0 heterocycles. The van der Waals surface area contributed by atoms with Gasteiger partial charge in [-0.05, 0) is 27.2 Å². The topological polar surface area (TPSA) is 52.3 Å². The van der Waals surface area contributed by atoms with Crippen molar-refractivity contribution >= 4 is 6.29 Å². The lowest BCUT2D eigenvalue weighted by atomic mass is 9.94. The van der Waals surface area contributed by atoms with Gasteiger partial charge in [0.05, 0.1) is 5.60 Å². The summed E-state index contributed by atoms with van der Waals surface area (Å²) in [6.45, 7) is 11.3. The second-order valence-electron chi connectivity index (χ2n) is 4.73. The number of rotatable bonds is 5. The van der Waals surface area contributed by atoms with Gasteiger partial charge in [-0.3, -0.25) is 10.5 Å². The molecule has 0 spiro atoms. The standard InChI is InChI=1S/C11H22NO2/c1-6-7-9(2)11(12,8-13)14-10(3,4)5/h8-9H,1,6-7,12H2,2-5H3. The van der Waals surface area contributed by atoms with Gasteiger partial charge in [-0.2, -0.15) is 0 Å². The molecule has 0 bridgehead atoms. The minimum absolute atomic E-state index is 0.0169. The minimum Gasteiger partial charge on any atom is -0.348 e. The summed E-state index contributed by atoms with van der Waals surface area (Å²) in [5, 5.41) is 0. The van der Waals surface area contributed by atoms with Gasteiger partial charge in [0.25, 0.3) is 0 Å². The number of hydrogen-bond donors (Lipinski definition) is 1. The molecular formula is C11H22NO2. The summed E-state index contributed by atoms with van der Waals surface area (Å²) in [7, 11) is 0. The molecule has 0 aliphatic rings. The van der Waals surface area contributed by atoms with E-state index in [1.165, 1.54) is 0 Å². The van der Waals surface area contributed by atoms with Gasteiger partial charge in [0.1, 0.15) is 0 Å². The predicted octanol–water partition coefficient (Wildman–Crippen LogP) is 1.91. The normalized spacial score (nSPS) is 18.7. The van der Waals surface area contributed by atoms with E-state index in [-0.39, 0.29) is 5.92 Å². The van der Waals surface area contributed by atoms with Gasteiger partial charge in [-0.15, -0.1) is 0 Å². The molecule has 3 heteroatoms. The predicted molar refractivity (Wildman–Crippen MR) is 57.6 cm³/mol. The van der Waals surface area contributed by atoms with Crippen LogP contribution in [0.25, 0.3) is 0 Å². The lowest BCUT2D eigenvalue weighted by molar-refractivity contribution is -0.165. The third kappa shape index (κ3) is 4.20. The monoisotopic (exact) mass is 200 g/mol. The van der Waals surface area contributed by atoms with Crippen molar-refractivity contribution < 1.29 is 9.53 Å². The molecule has 0 rings (SSSR count). The summed E-state index contributed by atoms with van der Waals surface area (Å²) in [5.74, 6) is -0.0169. The fourth-order valence-electron chi connectivity index (χ4n) is 1.30. The molecule has 3 nitrogen and oxygen atoms in total. The third-order valence-electron chi connectivity index (χ3n) is 2.07. The molecule has 2 N–H and O–H groups in total. The zero-order valence-corrected chi connectivity index (χ0v) is 9.67. The first-order chi connectivity index (χ1) is 6.25. The van der Waals surface area contributed by atoms with Gasteiger partial charge in [0, 0.05) is 5.92 Å². The SMILES string of the molecule is [CH2]CCC(C)C(N)(C=O)OC(C)(C)C. The van der Waals surface area contributed by atoms with Crippen molar-refractivity contribution in [3.63, 3.8) is 0 Å². The van der Waals surface area contributed by atoms with Gasteiger partial charge in [-0.25, -0.2) is 0 Å². The zero-order chi connectivity index (χ0) is 11.4. The van der Waals surface area contributed by atoms with Crippen LogP contribution in [0.5, 0.6) is 0 Å². The number of ether oxygens (including phenoxy) is 1. The van der Waals surface area contributed by atoms with E-state index in [0.29, 0.717) is 6.29 Å². The van der Waals surface area contributed by atoms with Gasteiger partial charge in [0.2, 0.25) is 0 Å². The van der Waals surface area contributed by atoms with Crippen LogP contribution >= 0.6 is 0 Å². The Morgan fingerprint density at radius 3 is 2.29 bits per heavy atom. The summed E-state index contributed by atoms with van der Waals surface area (Å²) in [6, 6.07) is 0. The van der Waals surface area contributed by atoms with Crippen molar-refractivity contribution in [2.24, 2.45) is 11.7 Å². The van der Waals surface area contributed by atoms with Crippen LogP contribution in [0, 0.1) is 12.8 Å². The van der Waals surface area contributed by atoms with Gasteiger partial charge >= 0.3 is 0 Å². The summed E-state index contributed by atoms with van der Waals surface area (Å²) in [4.78, 5) is 11.0. The largest absolute Gasteiger partial charge is 0.348 e. The Morgan fingerprint density at radius 2 is 2.00 bits per heavy atom. The zero-order valence-electron chi connectivity index (χ0n) is 9.67. The maximum atomic E-state index is 11.0. The van der Waals surface area contributed by atoms with E-state index in [1.807, 2.05) is 27.7 Å².